The van der Waals surface area contributed by atoms with Crippen LogP contribution < -0.4 is 16.4 Å². The van der Waals surface area contributed by atoms with E-state index in [9.17, 15) is 39.6 Å². The first-order valence-electron chi connectivity index (χ1n) is 11.0. The molecule has 2 rings (SSSR count). The number of carbonyl (C=O) groups excluding carboxylic acids is 3. The van der Waals surface area contributed by atoms with Crippen molar-refractivity contribution in [2.24, 2.45) is 5.73 Å². The highest BCUT2D eigenvalue weighted by Crippen LogP contribution is 2.20. The first kappa shape index (κ1) is 27.0. The van der Waals surface area contributed by atoms with Crippen molar-refractivity contribution in [2.75, 3.05) is 6.54 Å². The van der Waals surface area contributed by atoms with Crippen molar-refractivity contribution in [2.45, 2.75) is 69.5 Å². The molecule has 1 aromatic carbocycles. The maximum Gasteiger partial charge on any atom is 0.328 e. The van der Waals surface area contributed by atoms with Crippen LogP contribution in [0.5, 0.6) is 5.75 Å². The van der Waals surface area contributed by atoms with Gasteiger partial charge in [0.15, 0.2) is 6.04 Å². The molecule has 188 valence electrons. The van der Waals surface area contributed by atoms with Gasteiger partial charge in [-0.2, -0.15) is 0 Å². The molecule has 1 heterocycles. The number of carbonyl (C=O) groups is 4. The van der Waals surface area contributed by atoms with Crippen molar-refractivity contribution in [3.05, 3.63) is 29.8 Å². The fraction of sp³-hybridized carbons (Fsp3) is 0.545. The van der Waals surface area contributed by atoms with Crippen LogP contribution in [0.25, 0.3) is 0 Å². The lowest BCUT2D eigenvalue weighted by Crippen LogP contribution is -2.59. The first-order chi connectivity index (χ1) is 15.9. The van der Waals surface area contributed by atoms with E-state index >= 15 is 0 Å². The Morgan fingerprint density at radius 1 is 1.09 bits per heavy atom. The molecule has 0 saturated carbocycles. The van der Waals surface area contributed by atoms with Crippen molar-refractivity contribution in [1.29, 1.82) is 0 Å². The number of nitrogens with zero attached hydrogens (tertiary/aromatic N) is 1. The summed E-state index contributed by atoms with van der Waals surface area (Å²) in [5.74, 6) is -3.51. The maximum absolute atomic E-state index is 13.1. The zero-order valence-electron chi connectivity index (χ0n) is 19.0. The molecule has 1 aliphatic heterocycles. The van der Waals surface area contributed by atoms with Gasteiger partial charge in [-0.1, -0.05) is 12.1 Å². The summed E-state index contributed by atoms with van der Waals surface area (Å²) in [7, 11) is 0. The zero-order valence-corrected chi connectivity index (χ0v) is 19.0. The highest BCUT2D eigenvalue weighted by atomic mass is 16.4. The second kappa shape index (κ2) is 11.8. The number of rotatable bonds is 10. The highest BCUT2D eigenvalue weighted by molar-refractivity contribution is 5.94. The van der Waals surface area contributed by atoms with Gasteiger partial charge >= 0.3 is 5.97 Å². The Bertz CT molecular complexity index is 889. The van der Waals surface area contributed by atoms with Crippen molar-refractivity contribution in [1.82, 2.24) is 15.5 Å². The summed E-state index contributed by atoms with van der Waals surface area (Å²) >= 11 is 0. The second-order valence-corrected chi connectivity index (χ2v) is 8.45. The molecule has 34 heavy (non-hydrogen) atoms. The van der Waals surface area contributed by atoms with Crippen molar-refractivity contribution < 1.29 is 39.6 Å². The third kappa shape index (κ3) is 6.89. The van der Waals surface area contributed by atoms with Crippen LogP contribution in [0.2, 0.25) is 0 Å². The summed E-state index contributed by atoms with van der Waals surface area (Å²) in [4.78, 5) is 51.2. The van der Waals surface area contributed by atoms with Gasteiger partial charge in [-0.15, -0.1) is 0 Å². The largest absolute Gasteiger partial charge is 0.508 e. The van der Waals surface area contributed by atoms with E-state index in [-0.39, 0.29) is 18.7 Å². The standard InChI is InChI=1S/C22H32N4O8/c1-11(27)17(23)21(32)26-9-3-4-16(26)20(31)24-15(10-13-5-7-14(29)8-6-13)19(30)25-18(12(2)28)22(33)34/h5-8,11-12,15-18,27-29H,3-4,9-10,23H2,1-2H3,(H,24,31)(H,25,30)(H,33,34). The topological polar surface area (TPSA) is 203 Å². The second-order valence-electron chi connectivity index (χ2n) is 8.45. The van der Waals surface area contributed by atoms with Gasteiger partial charge < -0.3 is 41.7 Å². The Morgan fingerprint density at radius 3 is 2.24 bits per heavy atom. The van der Waals surface area contributed by atoms with Crippen LogP contribution in [0.3, 0.4) is 0 Å². The fourth-order valence-electron chi connectivity index (χ4n) is 3.69. The average molecular weight is 481 g/mol. The Balaban J connectivity index is 2.23. The predicted octanol–water partition coefficient (Wildman–Crippen LogP) is -1.93. The summed E-state index contributed by atoms with van der Waals surface area (Å²) in [5.41, 5.74) is 6.31. The lowest BCUT2D eigenvalue weighted by atomic mass is 10.0. The van der Waals surface area contributed by atoms with E-state index in [1.165, 1.54) is 43.0 Å². The maximum atomic E-state index is 13.1. The molecule has 0 spiro atoms. The molecule has 6 unspecified atom stereocenters. The van der Waals surface area contributed by atoms with Crippen LogP contribution in [0.15, 0.2) is 24.3 Å². The van der Waals surface area contributed by atoms with Crippen molar-refractivity contribution in [3.8, 4) is 5.75 Å². The molecular weight excluding hydrogens is 448 g/mol. The van der Waals surface area contributed by atoms with E-state index in [0.717, 1.165) is 0 Å². The van der Waals surface area contributed by atoms with E-state index in [1.54, 1.807) is 0 Å². The lowest BCUT2D eigenvalue weighted by molar-refractivity contribution is -0.145. The molecule has 12 nitrogen and oxygen atoms in total. The zero-order chi connectivity index (χ0) is 25.6. The van der Waals surface area contributed by atoms with Gasteiger partial charge in [0.1, 0.15) is 23.9 Å². The molecular formula is C22H32N4O8. The molecule has 6 atom stereocenters. The SMILES string of the molecule is CC(O)C(N)C(=O)N1CCCC1C(=O)NC(Cc1ccc(O)cc1)C(=O)NC(C(=O)O)C(C)O. The number of aromatic hydroxyl groups is 1. The number of amides is 3. The fourth-order valence-corrected chi connectivity index (χ4v) is 3.69. The van der Waals surface area contributed by atoms with Gasteiger partial charge in [0.2, 0.25) is 17.7 Å². The van der Waals surface area contributed by atoms with Gasteiger partial charge in [0.25, 0.3) is 0 Å². The Labute approximate surface area is 196 Å². The Kier molecular flexibility index (Phi) is 9.36. The van der Waals surface area contributed by atoms with E-state index in [1.807, 2.05) is 0 Å². The number of hydrogen-bond donors (Lipinski definition) is 7. The molecule has 0 radical (unpaired) electrons. The number of aliphatic hydroxyl groups is 2. The summed E-state index contributed by atoms with van der Waals surface area (Å²) in [6.07, 6.45) is -1.70. The van der Waals surface area contributed by atoms with Gasteiger partial charge in [-0.05, 0) is 44.4 Å². The molecule has 0 aliphatic carbocycles. The Hall–Kier alpha value is -3.22. The summed E-state index contributed by atoms with van der Waals surface area (Å²) in [6.45, 7) is 2.84. The summed E-state index contributed by atoms with van der Waals surface area (Å²) in [5, 5.41) is 42.9. The number of nitrogens with two attached hydrogens (primary N) is 1. The smallest absolute Gasteiger partial charge is 0.328 e. The number of aliphatic carboxylic acids is 1. The van der Waals surface area contributed by atoms with Crippen LogP contribution >= 0.6 is 0 Å². The van der Waals surface area contributed by atoms with Crippen LogP contribution in [0.4, 0.5) is 0 Å². The van der Waals surface area contributed by atoms with Crippen LogP contribution in [-0.2, 0) is 25.6 Å². The normalized spacial score (nSPS) is 20.0. The number of phenols is 1. The minimum Gasteiger partial charge on any atom is -0.508 e. The quantitative estimate of drug-likeness (QED) is 0.199. The highest BCUT2D eigenvalue weighted by Gasteiger charge is 2.39. The number of carboxylic acid groups (broad SMARTS) is 1. The van der Waals surface area contributed by atoms with Crippen LogP contribution in [0.1, 0.15) is 32.3 Å². The first-order valence-corrected chi connectivity index (χ1v) is 11.0. The number of hydrogen-bond acceptors (Lipinski definition) is 8. The summed E-state index contributed by atoms with van der Waals surface area (Å²) in [6, 6.07) is 0.927. The number of aliphatic hydroxyl groups excluding tert-OH is 2. The third-order valence-electron chi connectivity index (χ3n) is 5.70. The summed E-state index contributed by atoms with van der Waals surface area (Å²) < 4.78 is 0. The van der Waals surface area contributed by atoms with Gasteiger partial charge in [-0.25, -0.2) is 4.79 Å². The Morgan fingerprint density at radius 2 is 1.71 bits per heavy atom. The van der Waals surface area contributed by atoms with Gasteiger partial charge in [0, 0.05) is 13.0 Å². The minimum absolute atomic E-state index is 0.00314. The molecule has 0 bridgehead atoms. The molecule has 0 aromatic heterocycles. The number of benzene rings is 1. The molecule has 3 amide bonds. The van der Waals surface area contributed by atoms with Crippen LogP contribution in [0, 0.1) is 0 Å². The minimum atomic E-state index is -1.60. The number of carboxylic acids is 1. The molecule has 12 heteroatoms. The average Bonchev–Trinajstić information content (AvgIpc) is 3.26. The van der Waals surface area contributed by atoms with Crippen molar-refractivity contribution >= 4 is 23.7 Å². The van der Waals surface area contributed by atoms with Gasteiger partial charge in [-0.3, -0.25) is 14.4 Å². The number of phenolic OH excluding ortho intramolecular Hbond substituents is 1. The number of nitrogens with one attached hydrogen (secondary N) is 2. The van der Waals surface area contributed by atoms with E-state index in [0.29, 0.717) is 18.4 Å². The van der Waals surface area contributed by atoms with Gasteiger partial charge in [0.05, 0.1) is 12.2 Å². The van der Waals surface area contributed by atoms with Crippen molar-refractivity contribution in [3.63, 3.8) is 0 Å². The van der Waals surface area contributed by atoms with E-state index in [2.05, 4.69) is 10.6 Å². The van der Waals surface area contributed by atoms with E-state index in [4.69, 9.17) is 5.73 Å². The lowest BCUT2D eigenvalue weighted by Gasteiger charge is -2.29. The molecule has 1 fully saturated rings. The van der Waals surface area contributed by atoms with E-state index < -0.39 is 60.1 Å². The van der Waals surface area contributed by atoms with Crippen LogP contribution in [-0.4, -0.2) is 91.9 Å². The predicted molar refractivity (Wildman–Crippen MR) is 119 cm³/mol. The molecule has 1 aromatic rings. The monoisotopic (exact) mass is 480 g/mol. The number of likely N-dealkylation sites (tertiary alicyclic amines) is 1. The third-order valence-corrected chi connectivity index (χ3v) is 5.70. The molecule has 1 saturated heterocycles. The molecule has 1 aliphatic rings. The molecule has 8 N–H and O–H groups in total.